The van der Waals surface area contributed by atoms with Crippen molar-refractivity contribution in [2.75, 3.05) is 19.8 Å². The zero-order valence-electron chi connectivity index (χ0n) is 16.3. The molecule has 0 aliphatic rings. The van der Waals surface area contributed by atoms with E-state index in [0.717, 1.165) is 10.6 Å². The molecule has 0 radical (unpaired) electrons. The Morgan fingerprint density at radius 3 is 1.64 bits per heavy atom. The highest BCUT2D eigenvalue weighted by molar-refractivity contribution is 8.24. The zero-order chi connectivity index (χ0) is 20.6. The van der Waals surface area contributed by atoms with Crippen LogP contribution in [0.25, 0.3) is 0 Å². The highest BCUT2D eigenvalue weighted by atomic mass is 32.4. The number of carbonyl (C=O) groups is 1. The van der Waals surface area contributed by atoms with E-state index in [1.54, 1.807) is 20.8 Å². The van der Waals surface area contributed by atoms with E-state index < -0.39 is 25.0 Å². The van der Waals surface area contributed by atoms with Crippen LogP contribution in [-0.4, -0.2) is 31.2 Å². The van der Waals surface area contributed by atoms with Gasteiger partial charge in [0.05, 0.1) is 19.8 Å². The predicted octanol–water partition coefficient (Wildman–Crippen LogP) is 4.27. The lowest BCUT2D eigenvalue weighted by Crippen LogP contribution is -2.34. The summed E-state index contributed by atoms with van der Waals surface area (Å²) in [5.41, 5.74) is 0. The van der Waals surface area contributed by atoms with Crippen LogP contribution in [0.1, 0.15) is 20.8 Å². The third kappa shape index (κ3) is 4.82. The van der Waals surface area contributed by atoms with Gasteiger partial charge in [-0.05, 0) is 31.4 Å². The molecule has 8 heteroatoms. The van der Waals surface area contributed by atoms with Gasteiger partial charge < -0.3 is 13.8 Å². The van der Waals surface area contributed by atoms with Crippen molar-refractivity contribution >= 4 is 42.0 Å². The smallest absolute Gasteiger partial charge is 0.350 e. The van der Waals surface area contributed by atoms with Gasteiger partial charge in [-0.15, -0.1) is 0 Å². The standard InChI is InChI=1S/C20H26O5P2S/c1-4-23-19(21)20(27(22,24-5-2)25-6-3)26(28,17-13-9-7-10-14-17)18-15-11-8-12-16-18/h7-16,20H,4-6H2,1-3H3. The molecule has 2 aromatic carbocycles. The van der Waals surface area contributed by atoms with Crippen LogP contribution in [0.4, 0.5) is 0 Å². The van der Waals surface area contributed by atoms with Gasteiger partial charge in [0.1, 0.15) is 0 Å². The molecule has 0 spiro atoms. The first kappa shape index (κ1) is 23.0. The van der Waals surface area contributed by atoms with Crippen molar-refractivity contribution in [1.82, 2.24) is 0 Å². The summed E-state index contributed by atoms with van der Waals surface area (Å²) in [7, 11) is -3.90. The molecule has 0 N–H and O–H groups in total. The van der Waals surface area contributed by atoms with Crippen molar-refractivity contribution in [3.8, 4) is 0 Å². The second kappa shape index (κ2) is 10.5. The van der Waals surface area contributed by atoms with Gasteiger partial charge in [0, 0.05) is 6.04 Å². The fourth-order valence-electron chi connectivity index (χ4n) is 2.96. The number of hydrogen-bond acceptors (Lipinski definition) is 6. The molecule has 0 saturated carbocycles. The van der Waals surface area contributed by atoms with Crippen LogP contribution >= 0.6 is 13.6 Å². The van der Waals surface area contributed by atoms with Gasteiger partial charge in [0.25, 0.3) is 0 Å². The highest BCUT2D eigenvalue weighted by Gasteiger charge is 2.52. The third-order valence-corrected chi connectivity index (χ3v) is 13.4. The molecule has 1 unspecified atom stereocenters. The molecule has 0 bridgehead atoms. The molecular weight excluding hydrogens is 414 g/mol. The van der Waals surface area contributed by atoms with Crippen LogP contribution in [-0.2, 0) is 35.0 Å². The fraction of sp³-hybridized carbons (Fsp3) is 0.350. The Balaban J connectivity index is 2.81. The molecule has 1 atom stereocenters. The minimum Gasteiger partial charge on any atom is -0.465 e. The van der Waals surface area contributed by atoms with Gasteiger partial charge in [0.15, 0.2) is 5.40 Å². The summed E-state index contributed by atoms with van der Waals surface area (Å²) < 4.78 is 30.3. The molecule has 0 aliphatic carbocycles. The lowest BCUT2D eigenvalue weighted by Gasteiger charge is -2.34. The Bertz CT molecular complexity index is 804. The third-order valence-electron chi connectivity index (χ3n) is 4.04. The maximum Gasteiger partial charge on any atom is 0.350 e. The van der Waals surface area contributed by atoms with Gasteiger partial charge in [-0.3, -0.25) is 9.36 Å². The maximum absolute atomic E-state index is 13.8. The van der Waals surface area contributed by atoms with E-state index in [1.807, 2.05) is 60.7 Å². The molecule has 2 aromatic rings. The van der Waals surface area contributed by atoms with E-state index in [-0.39, 0.29) is 19.8 Å². The average Bonchev–Trinajstić information content (AvgIpc) is 2.70. The molecule has 28 heavy (non-hydrogen) atoms. The van der Waals surface area contributed by atoms with Crippen molar-refractivity contribution in [3.63, 3.8) is 0 Å². The first-order chi connectivity index (χ1) is 13.4. The number of esters is 1. The number of benzene rings is 2. The second-order valence-corrected chi connectivity index (χ2v) is 12.9. The normalized spacial score (nSPS) is 13.1. The monoisotopic (exact) mass is 440 g/mol. The van der Waals surface area contributed by atoms with Crippen molar-refractivity contribution in [1.29, 1.82) is 0 Å². The Morgan fingerprint density at radius 2 is 1.29 bits per heavy atom. The lowest BCUT2D eigenvalue weighted by molar-refractivity contribution is -0.141. The van der Waals surface area contributed by atoms with Gasteiger partial charge in [-0.25, -0.2) is 0 Å². The predicted molar refractivity (Wildman–Crippen MR) is 118 cm³/mol. The quantitative estimate of drug-likeness (QED) is 0.406. The van der Waals surface area contributed by atoms with E-state index in [0.29, 0.717) is 0 Å². The molecule has 0 saturated heterocycles. The average molecular weight is 440 g/mol. The van der Waals surface area contributed by atoms with Gasteiger partial charge in [-0.1, -0.05) is 72.5 Å². The highest BCUT2D eigenvalue weighted by Crippen LogP contribution is 2.68. The van der Waals surface area contributed by atoms with Crippen molar-refractivity contribution in [3.05, 3.63) is 60.7 Å². The van der Waals surface area contributed by atoms with E-state index in [9.17, 15) is 9.36 Å². The number of rotatable bonds is 10. The molecular formula is C20H26O5P2S. The largest absolute Gasteiger partial charge is 0.465 e. The van der Waals surface area contributed by atoms with E-state index in [1.165, 1.54) is 0 Å². The van der Waals surface area contributed by atoms with E-state index in [2.05, 4.69) is 0 Å². The minimum absolute atomic E-state index is 0.131. The molecule has 5 nitrogen and oxygen atoms in total. The lowest BCUT2D eigenvalue weighted by atomic mass is 10.4. The van der Waals surface area contributed by atoms with Gasteiger partial charge >= 0.3 is 13.6 Å². The van der Waals surface area contributed by atoms with Gasteiger partial charge in [0.2, 0.25) is 0 Å². The van der Waals surface area contributed by atoms with Gasteiger partial charge in [-0.2, -0.15) is 0 Å². The Hall–Kier alpha value is -1.29. The first-order valence-corrected chi connectivity index (χ1v) is 13.7. The van der Waals surface area contributed by atoms with E-state index >= 15 is 0 Å². The number of ether oxygens (including phenoxy) is 1. The maximum atomic E-state index is 13.8. The summed E-state index contributed by atoms with van der Waals surface area (Å²) in [6, 6.07) is 15.7. The summed E-state index contributed by atoms with van der Waals surface area (Å²) in [6.45, 7) is 5.53. The van der Waals surface area contributed by atoms with E-state index in [4.69, 9.17) is 25.6 Å². The van der Waals surface area contributed by atoms with Crippen molar-refractivity contribution < 1.29 is 23.1 Å². The Morgan fingerprint density at radius 1 is 0.857 bits per heavy atom. The summed E-state index contributed by atoms with van der Waals surface area (Å²) in [4.78, 5) is 13.1. The molecule has 0 aliphatic heterocycles. The zero-order valence-corrected chi connectivity index (χ0v) is 18.9. The minimum atomic E-state index is -3.90. The Labute approximate surface area is 171 Å². The second-order valence-electron chi connectivity index (χ2n) is 5.83. The van der Waals surface area contributed by atoms with Crippen LogP contribution < -0.4 is 10.6 Å². The molecule has 0 heterocycles. The fourth-order valence-corrected chi connectivity index (χ4v) is 11.7. The van der Waals surface area contributed by atoms with Crippen molar-refractivity contribution in [2.45, 2.75) is 26.2 Å². The van der Waals surface area contributed by atoms with Crippen LogP contribution in [0.3, 0.4) is 0 Å². The summed E-state index contributed by atoms with van der Waals surface area (Å²) >= 11 is 6.20. The molecule has 0 aromatic heterocycles. The van der Waals surface area contributed by atoms with Crippen LogP contribution in [0, 0.1) is 0 Å². The van der Waals surface area contributed by atoms with Crippen LogP contribution in [0.15, 0.2) is 60.7 Å². The topological polar surface area (TPSA) is 61.8 Å². The van der Waals surface area contributed by atoms with Crippen molar-refractivity contribution in [2.24, 2.45) is 0 Å². The summed E-state index contributed by atoms with van der Waals surface area (Å²) in [5.74, 6) is -0.649. The summed E-state index contributed by atoms with van der Waals surface area (Å²) in [5, 5.41) is 0.294. The number of hydrogen-bond donors (Lipinski definition) is 0. The summed E-state index contributed by atoms with van der Waals surface area (Å²) in [6.07, 6.45) is 0. The van der Waals surface area contributed by atoms with Crippen LogP contribution in [0.2, 0.25) is 0 Å². The molecule has 0 amide bonds. The molecule has 2 rings (SSSR count). The molecule has 0 fully saturated rings. The SMILES string of the molecule is CCOC(=O)C(P(=O)(OCC)OCC)P(=S)(c1ccccc1)c1ccccc1. The Kier molecular flexibility index (Phi) is 8.60. The first-order valence-electron chi connectivity index (χ1n) is 9.20. The molecule has 152 valence electrons. The van der Waals surface area contributed by atoms with Crippen LogP contribution in [0.5, 0.6) is 0 Å². The number of carbonyl (C=O) groups excluding carboxylic acids is 1.